The second-order valence-electron chi connectivity index (χ2n) is 7.89. The molecule has 1 heterocycles. The first-order valence-electron chi connectivity index (χ1n) is 10.1. The van der Waals surface area contributed by atoms with E-state index in [1.54, 1.807) is 0 Å². The lowest BCUT2D eigenvalue weighted by molar-refractivity contribution is 0.689. The molecule has 2 nitrogen and oxygen atoms in total. The zero-order valence-corrected chi connectivity index (χ0v) is 19.8. The largest absolute Gasteiger partial charge is 0.291 e. The highest BCUT2D eigenvalue weighted by molar-refractivity contribution is 9.13. The van der Waals surface area contributed by atoms with Crippen LogP contribution in [0.15, 0.2) is 57.5 Å². The third-order valence-corrected chi connectivity index (χ3v) is 8.05. The molecule has 1 aliphatic rings. The fourth-order valence-corrected chi connectivity index (χ4v) is 5.41. The Morgan fingerprint density at radius 1 is 0.862 bits per heavy atom. The number of hydrogen-bond donors (Lipinski definition) is 0. The van der Waals surface area contributed by atoms with E-state index in [1.807, 2.05) is 0 Å². The SMILES string of the molecule is Cc1cccc(C)c1-c1nc2c3c(ccc2n1-c1cccc(Br)c1Br)CCCC3. The molecule has 0 N–H and O–H groups in total. The number of fused-ring (bicyclic) bond motifs is 3. The minimum absolute atomic E-state index is 1.02. The summed E-state index contributed by atoms with van der Waals surface area (Å²) < 4.78 is 4.42. The van der Waals surface area contributed by atoms with E-state index in [2.05, 4.69) is 98.8 Å². The predicted molar refractivity (Wildman–Crippen MR) is 128 cm³/mol. The van der Waals surface area contributed by atoms with Gasteiger partial charge >= 0.3 is 0 Å². The van der Waals surface area contributed by atoms with Crippen LogP contribution in [0.25, 0.3) is 28.1 Å². The van der Waals surface area contributed by atoms with E-state index in [1.165, 1.54) is 46.2 Å². The van der Waals surface area contributed by atoms with E-state index in [0.29, 0.717) is 0 Å². The molecule has 0 spiro atoms. The summed E-state index contributed by atoms with van der Waals surface area (Å²) >= 11 is 7.50. The van der Waals surface area contributed by atoms with Crippen LogP contribution < -0.4 is 0 Å². The van der Waals surface area contributed by atoms with Gasteiger partial charge in [0.15, 0.2) is 0 Å². The third-order valence-electron chi connectivity index (χ3n) is 6.03. The monoisotopic (exact) mass is 508 g/mol. The van der Waals surface area contributed by atoms with Crippen molar-refractivity contribution in [3.05, 3.63) is 79.7 Å². The summed E-state index contributed by atoms with van der Waals surface area (Å²) in [6.07, 6.45) is 4.81. The van der Waals surface area contributed by atoms with Gasteiger partial charge in [-0.1, -0.05) is 30.3 Å². The zero-order valence-electron chi connectivity index (χ0n) is 16.6. The maximum Gasteiger partial charge on any atom is 0.146 e. The predicted octanol–water partition coefficient (Wildman–Crippen LogP) is 7.71. The van der Waals surface area contributed by atoms with Crippen molar-refractivity contribution in [3.8, 4) is 17.1 Å². The Labute approximate surface area is 188 Å². The lowest BCUT2D eigenvalue weighted by atomic mass is 9.91. The van der Waals surface area contributed by atoms with Gasteiger partial charge < -0.3 is 0 Å². The van der Waals surface area contributed by atoms with E-state index in [4.69, 9.17) is 4.98 Å². The summed E-state index contributed by atoms with van der Waals surface area (Å²) in [5.74, 6) is 1.02. The van der Waals surface area contributed by atoms with E-state index >= 15 is 0 Å². The van der Waals surface area contributed by atoms with Crippen molar-refractivity contribution in [2.75, 3.05) is 0 Å². The van der Waals surface area contributed by atoms with Crippen LogP contribution in [0.3, 0.4) is 0 Å². The van der Waals surface area contributed by atoms with Gasteiger partial charge in [-0.3, -0.25) is 4.57 Å². The highest BCUT2D eigenvalue weighted by Crippen LogP contribution is 2.39. The molecule has 29 heavy (non-hydrogen) atoms. The Morgan fingerprint density at radius 3 is 2.38 bits per heavy atom. The van der Waals surface area contributed by atoms with Crippen molar-refractivity contribution in [1.82, 2.24) is 9.55 Å². The lowest BCUT2D eigenvalue weighted by Crippen LogP contribution is -2.04. The normalized spacial score (nSPS) is 13.7. The van der Waals surface area contributed by atoms with Crippen LogP contribution in [0.1, 0.15) is 35.1 Å². The standard InChI is InChI=1S/C25H22Br2N2/c1-15-7-5-8-16(2)22(15)25-28-24-18-10-4-3-9-17(18)13-14-21(24)29(25)20-12-6-11-19(26)23(20)27/h5-8,11-14H,3-4,9-10H2,1-2H3. The van der Waals surface area contributed by atoms with Crippen molar-refractivity contribution in [3.63, 3.8) is 0 Å². The number of aromatic nitrogens is 2. The van der Waals surface area contributed by atoms with Crippen LogP contribution in [0, 0.1) is 13.8 Å². The number of aryl methyl sites for hydroxylation is 4. The summed E-state index contributed by atoms with van der Waals surface area (Å²) in [5.41, 5.74) is 10.1. The first-order chi connectivity index (χ1) is 14.1. The van der Waals surface area contributed by atoms with Gasteiger partial charge in [-0.15, -0.1) is 0 Å². The van der Waals surface area contributed by atoms with Crippen molar-refractivity contribution in [2.45, 2.75) is 39.5 Å². The van der Waals surface area contributed by atoms with Crippen LogP contribution in [0.5, 0.6) is 0 Å². The molecule has 0 bridgehead atoms. The summed E-state index contributed by atoms with van der Waals surface area (Å²) in [6, 6.07) is 17.4. The molecule has 1 aliphatic carbocycles. The van der Waals surface area contributed by atoms with Gasteiger partial charge in [0.05, 0.1) is 21.2 Å². The Hall–Kier alpha value is -1.91. The van der Waals surface area contributed by atoms with Gasteiger partial charge in [-0.05, 0) is 112 Å². The lowest BCUT2D eigenvalue weighted by Gasteiger charge is -2.17. The molecule has 4 heteroatoms. The number of halogens is 2. The molecule has 0 aliphatic heterocycles. The smallest absolute Gasteiger partial charge is 0.146 e. The van der Waals surface area contributed by atoms with Crippen LogP contribution in [-0.2, 0) is 12.8 Å². The van der Waals surface area contributed by atoms with Crippen LogP contribution in [-0.4, -0.2) is 9.55 Å². The summed E-state index contributed by atoms with van der Waals surface area (Å²) in [7, 11) is 0. The number of rotatable bonds is 2. The molecule has 0 atom stereocenters. The minimum Gasteiger partial charge on any atom is -0.291 e. The van der Waals surface area contributed by atoms with Crippen molar-refractivity contribution in [1.29, 1.82) is 0 Å². The van der Waals surface area contributed by atoms with Crippen molar-refractivity contribution in [2.24, 2.45) is 0 Å². The number of nitrogens with zero attached hydrogens (tertiary/aromatic N) is 2. The molecule has 0 unspecified atom stereocenters. The molecular formula is C25H22Br2N2. The molecule has 0 saturated heterocycles. The molecule has 3 aromatic carbocycles. The first-order valence-corrected chi connectivity index (χ1v) is 11.7. The van der Waals surface area contributed by atoms with Gasteiger partial charge in [0.25, 0.3) is 0 Å². The molecule has 1 aromatic heterocycles. The van der Waals surface area contributed by atoms with Gasteiger partial charge in [0.1, 0.15) is 5.82 Å². The highest BCUT2D eigenvalue weighted by atomic mass is 79.9. The quantitative estimate of drug-likeness (QED) is 0.270. The molecule has 146 valence electrons. The Kier molecular flexibility index (Phi) is 4.87. The fourth-order valence-electron chi connectivity index (χ4n) is 4.62. The number of benzene rings is 3. The fraction of sp³-hybridized carbons (Fsp3) is 0.240. The number of hydrogen-bond acceptors (Lipinski definition) is 1. The van der Waals surface area contributed by atoms with Crippen LogP contribution in [0.2, 0.25) is 0 Å². The van der Waals surface area contributed by atoms with Gasteiger partial charge in [-0.25, -0.2) is 4.98 Å². The maximum atomic E-state index is 5.29. The number of imidazole rings is 1. The van der Waals surface area contributed by atoms with Crippen molar-refractivity contribution < 1.29 is 0 Å². The molecule has 4 aromatic rings. The van der Waals surface area contributed by atoms with Crippen LogP contribution in [0.4, 0.5) is 0 Å². The van der Waals surface area contributed by atoms with Gasteiger partial charge in [0.2, 0.25) is 0 Å². The van der Waals surface area contributed by atoms with E-state index in [0.717, 1.165) is 38.8 Å². The minimum atomic E-state index is 1.02. The zero-order chi connectivity index (χ0) is 20.1. The maximum absolute atomic E-state index is 5.29. The van der Waals surface area contributed by atoms with Crippen LogP contribution >= 0.6 is 31.9 Å². The van der Waals surface area contributed by atoms with Gasteiger partial charge in [0, 0.05) is 10.0 Å². The highest BCUT2D eigenvalue weighted by Gasteiger charge is 2.23. The molecule has 0 saturated carbocycles. The van der Waals surface area contributed by atoms with E-state index in [-0.39, 0.29) is 0 Å². The second-order valence-corrected chi connectivity index (χ2v) is 9.54. The average Bonchev–Trinajstić information content (AvgIpc) is 3.09. The topological polar surface area (TPSA) is 17.8 Å². The first kappa shape index (κ1) is 19.1. The van der Waals surface area contributed by atoms with E-state index < -0.39 is 0 Å². The van der Waals surface area contributed by atoms with Gasteiger partial charge in [-0.2, -0.15) is 0 Å². The molecule has 5 rings (SSSR count). The molecular weight excluding hydrogens is 488 g/mol. The molecule has 0 radical (unpaired) electrons. The summed E-state index contributed by atoms with van der Waals surface area (Å²) in [4.78, 5) is 5.29. The van der Waals surface area contributed by atoms with E-state index in [9.17, 15) is 0 Å². The Balaban J connectivity index is 1.92. The van der Waals surface area contributed by atoms with Crippen molar-refractivity contribution >= 4 is 42.9 Å². The Bertz CT molecular complexity index is 1230. The third kappa shape index (κ3) is 3.08. The second kappa shape index (κ2) is 7.41. The molecule has 0 amide bonds. The Morgan fingerprint density at radius 2 is 1.59 bits per heavy atom. The molecule has 0 fully saturated rings. The summed E-state index contributed by atoms with van der Waals surface area (Å²) in [5, 5.41) is 0. The average molecular weight is 510 g/mol. The summed E-state index contributed by atoms with van der Waals surface area (Å²) in [6.45, 7) is 4.36.